The van der Waals surface area contributed by atoms with E-state index in [-0.39, 0.29) is 6.10 Å². The number of ether oxygens (including phenoxy) is 1. The van der Waals surface area contributed by atoms with Crippen LogP contribution in [0.4, 0.5) is 11.6 Å². The van der Waals surface area contributed by atoms with E-state index in [2.05, 4.69) is 15.3 Å². The number of nitrogen functional groups attached to an aromatic ring is 1. The Morgan fingerprint density at radius 3 is 2.81 bits per heavy atom. The first-order chi connectivity index (χ1) is 10.3. The van der Waals surface area contributed by atoms with Crippen LogP contribution in [0.3, 0.4) is 0 Å². The summed E-state index contributed by atoms with van der Waals surface area (Å²) in [5, 5.41) is 3.31. The fourth-order valence-corrected chi connectivity index (χ4v) is 2.46. The second-order valence-corrected chi connectivity index (χ2v) is 5.24. The molecule has 110 valence electrons. The lowest BCUT2D eigenvalue weighted by molar-refractivity contribution is 0.0247. The van der Waals surface area contributed by atoms with Crippen LogP contribution < -0.4 is 11.1 Å². The first-order valence-corrected chi connectivity index (χ1v) is 7.37. The van der Waals surface area contributed by atoms with E-state index in [4.69, 9.17) is 10.5 Å². The largest absolute Gasteiger partial charge is 0.384 e. The summed E-state index contributed by atoms with van der Waals surface area (Å²) in [6.07, 6.45) is 3.75. The van der Waals surface area contributed by atoms with E-state index in [0.717, 1.165) is 37.4 Å². The predicted molar refractivity (Wildman–Crippen MR) is 84.0 cm³/mol. The predicted octanol–water partition coefficient (Wildman–Crippen LogP) is 2.71. The zero-order valence-electron chi connectivity index (χ0n) is 12.0. The molecule has 0 bridgehead atoms. The van der Waals surface area contributed by atoms with Gasteiger partial charge in [-0.1, -0.05) is 30.3 Å². The van der Waals surface area contributed by atoms with Crippen molar-refractivity contribution in [1.29, 1.82) is 0 Å². The van der Waals surface area contributed by atoms with Crippen LogP contribution in [0.2, 0.25) is 0 Å². The van der Waals surface area contributed by atoms with Gasteiger partial charge in [0.05, 0.1) is 6.10 Å². The maximum absolute atomic E-state index is 5.88. The molecule has 5 nitrogen and oxygen atoms in total. The third-order valence-electron chi connectivity index (χ3n) is 3.56. The van der Waals surface area contributed by atoms with Crippen molar-refractivity contribution in [2.24, 2.45) is 0 Å². The monoisotopic (exact) mass is 284 g/mol. The number of benzene rings is 1. The smallest absolute Gasteiger partial charge is 0.163 e. The molecule has 2 aromatic rings. The van der Waals surface area contributed by atoms with E-state index in [0.29, 0.717) is 11.6 Å². The number of rotatable bonds is 4. The van der Waals surface area contributed by atoms with Crippen molar-refractivity contribution >= 4 is 11.6 Å². The lowest BCUT2D eigenvalue weighted by atomic mass is 10.1. The minimum Gasteiger partial charge on any atom is -0.384 e. The highest BCUT2D eigenvalue weighted by atomic mass is 16.5. The molecule has 0 amide bonds. The van der Waals surface area contributed by atoms with Gasteiger partial charge in [0.15, 0.2) is 5.82 Å². The second-order valence-electron chi connectivity index (χ2n) is 5.24. The molecular formula is C16H20N4O. The van der Waals surface area contributed by atoms with Crippen molar-refractivity contribution in [1.82, 2.24) is 9.97 Å². The van der Waals surface area contributed by atoms with Gasteiger partial charge in [0, 0.05) is 24.8 Å². The average Bonchev–Trinajstić information content (AvgIpc) is 2.54. The van der Waals surface area contributed by atoms with Gasteiger partial charge in [0.2, 0.25) is 0 Å². The van der Waals surface area contributed by atoms with Crippen LogP contribution >= 0.6 is 0 Å². The molecule has 2 heterocycles. The molecule has 0 aliphatic carbocycles. The third-order valence-corrected chi connectivity index (χ3v) is 3.56. The molecular weight excluding hydrogens is 264 g/mol. The molecule has 1 fully saturated rings. The highest BCUT2D eigenvalue weighted by Gasteiger charge is 2.14. The number of hydrogen-bond donors (Lipinski definition) is 2. The van der Waals surface area contributed by atoms with Crippen LogP contribution in [0.15, 0.2) is 36.4 Å². The summed E-state index contributed by atoms with van der Waals surface area (Å²) in [4.78, 5) is 8.82. The Balaban J connectivity index is 1.72. The molecule has 1 aliphatic rings. The molecule has 0 radical (unpaired) electrons. The molecule has 1 aromatic heterocycles. The van der Waals surface area contributed by atoms with E-state index in [1.165, 1.54) is 6.42 Å². The van der Waals surface area contributed by atoms with Crippen LogP contribution in [0, 0.1) is 0 Å². The second kappa shape index (κ2) is 6.54. The van der Waals surface area contributed by atoms with E-state index in [1.807, 2.05) is 30.3 Å². The van der Waals surface area contributed by atoms with Crippen LogP contribution in [0.25, 0.3) is 11.4 Å². The summed E-state index contributed by atoms with van der Waals surface area (Å²) in [5.41, 5.74) is 6.84. The van der Waals surface area contributed by atoms with Crippen molar-refractivity contribution in [2.45, 2.75) is 25.4 Å². The van der Waals surface area contributed by atoms with Crippen molar-refractivity contribution in [3.05, 3.63) is 36.4 Å². The standard InChI is InChI=1S/C16H20N4O/c17-14-10-15(18-11-13-8-4-5-9-21-13)20-16(19-14)12-6-2-1-3-7-12/h1-3,6-7,10,13H,4-5,8-9,11H2,(H3,17,18,19,20). The zero-order valence-corrected chi connectivity index (χ0v) is 12.0. The van der Waals surface area contributed by atoms with E-state index in [9.17, 15) is 0 Å². The number of nitrogens with zero attached hydrogens (tertiary/aromatic N) is 2. The van der Waals surface area contributed by atoms with Gasteiger partial charge in [0.25, 0.3) is 0 Å². The van der Waals surface area contributed by atoms with Gasteiger partial charge in [-0.3, -0.25) is 0 Å². The lowest BCUT2D eigenvalue weighted by Gasteiger charge is -2.23. The summed E-state index contributed by atoms with van der Waals surface area (Å²) in [6.45, 7) is 1.61. The van der Waals surface area contributed by atoms with Gasteiger partial charge in [0.1, 0.15) is 11.6 Å². The van der Waals surface area contributed by atoms with Crippen LogP contribution in [-0.4, -0.2) is 29.2 Å². The zero-order chi connectivity index (χ0) is 14.5. The Kier molecular flexibility index (Phi) is 4.31. The molecule has 5 heteroatoms. The Bertz CT molecular complexity index is 582. The van der Waals surface area contributed by atoms with Crippen LogP contribution in [-0.2, 0) is 4.74 Å². The summed E-state index contributed by atoms with van der Waals surface area (Å²) in [5.74, 6) is 1.86. The number of nitrogens with two attached hydrogens (primary N) is 1. The molecule has 1 saturated heterocycles. The Morgan fingerprint density at radius 2 is 2.05 bits per heavy atom. The van der Waals surface area contributed by atoms with Crippen molar-refractivity contribution in [3.8, 4) is 11.4 Å². The number of aromatic nitrogens is 2. The Hall–Kier alpha value is -2.14. The van der Waals surface area contributed by atoms with Crippen molar-refractivity contribution in [2.75, 3.05) is 24.2 Å². The van der Waals surface area contributed by atoms with Gasteiger partial charge in [-0.15, -0.1) is 0 Å². The van der Waals surface area contributed by atoms with Crippen LogP contribution in [0.5, 0.6) is 0 Å². The number of nitrogens with one attached hydrogen (secondary N) is 1. The molecule has 1 aliphatic heterocycles. The lowest BCUT2D eigenvalue weighted by Crippen LogP contribution is -2.27. The summed E-state index contributed by atoms with van der Waals surface area (Å²) in [6, 6.07) is 11.6. The topological polar surface area (TPSA) is 73.1 Å². The maximum Gasteiger partial charge on any atom is 0.163 e. The molecule has 1 atom stereocenters. The highest BCUT2D eigenvalue weighted by molar-refractivity contribution is 5.60. The van der Waals surface area contributed by atoms with Crippen LogP contribution in [0.1, 0.15) is 19.3 Å². The highest BCUT2D eigenvalue weighted by Crippen LogP contribution is 2.19. The normalized spacial score (nSPS) is 18.4. The summed E-state index contributed by atoms with van der Waals surface area (Å²) in [7, 11) is 0. The van der Waals surface area contributed by atoms with Crippen molar-refractivity contribution < 1.29 is 4.74 Å². The van der Waals surface area contributed by atoms with Gasteiger partial charge in [-0.25, -0.2) is 9.97 Å². The van der Waals surface area contributed by atoms with Gasteiger partial charge in [-0.2, -0.15) is 0 Å². The van der Waals surface area contributed by atoms with E-state index in [1.54, 1.807) is 6.07 Å². The average molecular weight is 284 g/mol. The molecule has 1 unspecified atom stereocenters. The van der Waals surface area contributed by atoms with Gasteiger partial charge >= 0.3 is 0 Å². The maximum atomic E-state index is 5.88. The Morgan fingerprint density at radius 1 is 1.19 bits per heavy atom. The van der Waals surface area contributed by atoms with E-state index < -0.39 is 0 Å². The number of hydrogen-bond acceptors (Lipinski definition) is 5. The van der Waals surface area contributed by atoms with E-state index >= 15 is 0 Å². The minimum absolute atomic E-state index is 0.259. The van der Waals surface area contributed by atoms with Crippen molar-refractivity contribution in [3.63, 3.8) is 0 Å². The molecule has 21 heavy (non-hydrogen) atoms. The fourth-order valence-electron chi connectivity index (χ4n) is 2.46. The first kappa shape index (κ1) is 13.8. The molecule has 1 aromatic carbocycles. The molecule has 0 spiro atoms. The fraction of sp³-hybridized carbons (Fsp3) is 0.375. The quantitative estimate of drug-likeness (QED) is 0.903. The van der Waals surface area contributed by atoms with Gasteiger partial charge in [-0.05, 0) is 19.3 Å². The Labute approximate surface area is 124 Å². The summed E-state index contributed by atoms with van der Waals surface area (Å²) < 4.78 is 5.71. The van der Waals surface area contributed by atoms with Gasteiger partial charge < -0.3 is 15.8 Å². The third kappa shape index (κ3) is 3.70. The summed E-state index contributed by atoms with van der Waals surface area (Å²) >= 11 is 0. The first-order valence-electron chi connectivity index (χ1n) is 7.37. The minimum atomic E-state index is 0.259. The molecule has 3 rings (SSSR count). The number of anilines is 2. The SMILES string of the molecule is Nc1cc(NCC2CCCCO2)nc(-c2ccccc2)n1. The molecule has 0 saturated carbocycles. The molecule has 3 N–H and O–H groups in total.